The number of hydrogen-bond donors (Lipinski definition) is 3. The second kappa shape index (κ2) is 65.4. The van der Waals surface area contributed by atoms with Gasteiger partial charge in [-0.05, 0) is 31.6 Å². The van der Waals surface area contributed by atoms with Gasteiger partial charge in [0.1, 0.15) is 19.3 Å². The van der Waals surface area contributed by atoms with E-state index in [0.29, 0.717) is 25.7 Å². The van der Waals surface area contributed by atoms with Crippen LogP contribution in [0, 0.1) is 5.92 Å². The van der Waals surface area contributed by atoms with Crippen LogP contribution in [0.1, 0.15) is 375 Å². The minimum Gasteiger partial charge on any atom is -0.462 e. The first-order valence-electron chi connectivity index (χ1n) is 37.6. The Morgan fingerprint density at radius 2 is 0.505 bits per heavy atom. The van der Waals surface area contributed by atoms with Crippen LogP contribution in [0.25, 0.3) is 0 Å². The third-order valence-corrected chi connectivity index (χ3v) is 18.7. The van der Waals surface area contributed by atoms with E-state index in [9.17, 15) is 43.2 Å². The summed E-state index contributed by atoms with van der Waals surface area (Å²) in [6.07, 6.45) is 52.5. The zero-order valence-corrected chi connectivity index (χ0v) is 60.8. The summed E-state index contributed by atoms with van der Waals surface area (Å²) in [7, 11) is -9.90. The van der Waals surface area contributed by atoms with Crippen molar-refractivity contribution in [1.82, 2.24) is 0 Å². The number of rotatable bonds is 72. The molecule has 0 saturated heterocycles. The van der Waals surface area contributed by atoms with E-state index in [1.807, 2.05) is 0 Å². The summed E-state index contributed by atoms with van der Waals surface area (Å²) in [6, 6.07) is 0. The summed E-state index contributed by atoms with van der Waals surface area (Å²) < 4.78 is 68.4. The molecule has 540 valence electrons. The zero-order chi connectivity index (χ0) is 67.0. The molecule has 5 atom stereocenters. The predicted octanol–water partition coefficient (Wildman–Crippen LogP) is 20.9. The molecule has 17 nitrogen and oxygen atoms in total. The van der Waals surface area contributed by atoms with Gasteiger partial charge in [0.2, 0.25) is 0 Å². The van der Waals surface area contributed by atoms with Gasteiger partial charge in [0, 0.05) is 25.7 Å². The molecule has 0 heterocycles. The molecule has 0 fully saturated rings. The van der Waals surface area contributed by atoms with Crippen LogP contribution >= 0.6 is 15.6 Å². The molecule has 3 N–H and O–H groups in total. The van der Waals surface area contributed by atoms with Crippen molar-refractivity contribution >= 4 is 39.5 Å². The summed E-state index contributed by atoms with van der Waals surface area (Å²) in [5.74, 6) is -1.36. The first kappa shape index (κ1) is 89.1. The minimum atomic E-state index is -4.95. The number of hydrogen-bond acceptors (Lipinski definition) is 15. The van der Waals surface area contributed by atoms with Crippen molar-refractivity contribution in [3.63, 3.8) is 0 Å². The number of phosphoric ester groups is 2. The van der Waals surface area contributed by atoms with Crippen LogP contribution in [0.15, 0.2) is 0 Å². The highest BCUT2D eigenvalue weighted by Gasteiger charge is 2.30. The Bertz CT molecular complexity index is 1750. The maximum atomic E-state index is 13.0. The van der Waals surface area contributed by atoms with E-state index < -0.39 is 97.5 Å². The van der Waals surface area contributed by atoms with Gasteiger partial charge in [0.25, 0.3) is 0 Å². The highest BCUT2D eigenvalue weighted by atomic mass is 31.2. The Hall–Kier alpha value is -1.94. The summed E-state index contributed by atoms with van der Waals surface area (Å²) in [4.78, 5) is 72.6. The lowest BCUT2D eigenvalue weighted by atomic mass is 10.0. The van der Waals surface area contributed by atoms with Gasteiger partial charge in [-0.1, -0.05) is 324 Å². The van der Waals surface area contributed by atoms with E-state index in [2.05, 4.69) is 34.6 Å². The van der Waals surface area contributed by atoms with Crippen LogP contribution in [0.2, 0.25) is 0 Å². The predicted molar refractivity (Wildman–Crippen MR) is 368 cm³/mol. The topological polar surface area (TPSA) is 237 Å². The Morgan fingerprint density at radius 1 is 0.297 bits per heavy atom. The van der Waals surface area contributed by atoms with E-state index in [0.717, 1.165) is 95.8 Å². The summed E-state index contributed by atoms with van der Waals surface area (Å²) in [6.45, 7) is 7.26. The fraction of sp³-hybridized carbons (Fsp3) is 0.944. The molecule has 0 rings (SSSR count). The number of carbonyl (C=O) groups is 4. The highest BCUT2D eigenvalue weighted by molar-refractivity contribution is 7.47. The molecule has 19 heteroatoms. The van der Waals surface area contributed by atoms with Crippen molar-refractivity contribution in [2.75, 3.05) is 39.6 Å². The molecular formula is C72H140O17P2. The van der Waals surface area contributed by atoms with E-state index in [1.54, 1.807) is 0 Å². The Labute approximate surface area is 556 Å². The van der Waals surface area contributed by atoms with Crippen molar-refractivity contribution in [3.05, 3.63) is 0 Å². The number of unbranched alkanes of at least 4 members (excludes halogenated alkanes) is 44. The van der Waals surface area contributed by atoms with Crippen molar-refractivity contribution in [3.8, 4) is 0 Å². The van der Waals surface area contributed by atoms with Crippen molar-refractivity contribution in [1.29, 1.82) is 0 Å². The second-order valence-corrected chi connectivity index (χ2v) is 29.4. The number of ether oxygens (including phenoxy) is 4. The van der Waals surface area contributed by atoms with Gasteiger partial charge in [0.05, 0.1) is 26.4 Å². The molecule has 0 aliphatic carbocycles. The van der Waals surface area contributed by atoms with Gasteiger partial charge in [-0.15, -0.1) is 0 Å². The Balaban J connectivity index is 5.25. The van der Waals surface area contributed by atoms with Crippen molar-refractivity contribution in [2.24, 2.45) is 5.92 Å². The summed E-state index contributed by atoms with van der Waals surface area (Å²) in [5.41, 5.74) is 0. The fourth-order valence-electron chi connectivity index (χ4n) is 11.0. The average molecular weight is 1340 g/mol. The average Bonchev–Trinajstić information content (AvgIpc) is 3.66. The molecule has 0 aromatic heterocycles. The van der Waals surface area contributed by atoms with Crippen LogP contribution in [0.5, 0.6) is 0 Å². The number of aliphatic hydroxyl groups excluding tert-OH is 1. The van der Waals surface area contributed by atoms with Crippen molar-refractivity contribution < 1.29 is 80.2 Å². The molecule has 0 aliphatic rings. The largest absolute Gasteiger partial charge is 0.472 e. The van der Waals surface area contributed by atoms with Crippen LogP contribution in [-0.2, 0) is 65.4 Å². The third-order valence-electron chi connectivity index (χ3n) is 16.8. The van der Waals surface area contributed by atoms with Gasteiger partial charge >= 0.3 is 39.5 Å². The maximum absolute atomic E-state index is 13.0. The van der Waals surface area contributed by atoms with E-state index in [-0.39, 0.29) is 25.7 Å². The van der Waals surface area contributed by atoms with Gasteiger partial charge < -0.3 is 33.8 Å². The van der Waals surface area contributed by atoms with Gasteiger partial charge in [-0.3, -0.25) is 37.3 Å². The molecule has 0 saturated carbocycles. The standard InChI is InChI=1S/C72H140O17P2/c1-6-9-12-15-18-21-24-26-27-28-31-38-43-48-53-58-72(77)89-68(62-83-70(75)56-51-46-41-36-33-32-34-39-44-49-54-65(4)5)64-87-91(80,81)85-60-66(73)59-84-90(78,79)86-63-67(61-82-69(74)55-50-45-40-35-29-23-20-17-14-11-8-3)88-71(76)57-52-47-42-37-30-25-22-19-16-13-10-7-2/h65-68,73H,6-64H2,1-5H3,(H,78,79)(H,80,81)/t66-,67+,68+/m0/s1. The van der Waals surface area contributed by atoms with E-state index in [1.165, 1.54) is 199 Å². The third kappa shape index (κ3) is 66.5. The van der Waals surface area contributed by atoms with Crippen molar-refractivity contribution in [2.45, 2.75) is 393 Å². The molecule has 0 aromatic rings. The quantitative estimate of drug-likeness (QED) is 0.0222. The number of esters is 4. The number of phosphoric acid groups is 2. The molecule has 0 radical (unpaired) electrons. The molecule has 2 unspecified atom stereocenters. The molecular weight excluding hydrogens is 1200 g/mol. The van der Waals surface area contributed by atoms with Crippen LogP contribution in [0.3, 0.4) is 0 Å². The van der Waals surface area contributed by atoms with Gasteiger partial charge in [-0.2, -0.15) is 0 Å². The van der Waals surface area contributed by atoms with Crippen LogP contribution in [-0.4, -0.2) is 96.7 Å². The monoisotopic (exact) mass is 1340 g/mol. The lowest BCUT2D eigenvalue weighted by Crippen LogP contribution is -2.30. The SMILES string of the molecule is CCCCCCCCCCCCCCCCCC(=O)O[C@H](COC(=O)CCCCCCCCCCCCC(C)C)COP(=O)(O)OC[C@@H](O)COP(=O)(O)OC[C@@H](COC(=O)CCCCCCCCCCCCC)OC(=O)CCCCCCCCCCCCCC. The zero-order valence-electron chi connectivity index (χ0n) is 59.0. The Morgan fingerprint density at radius 3 is 0.747 bits per heavy atom. The lowest BCUT2D eigenvalue weighted by molar-refractivity contribution is -0.161. The fourth-order valence-corrected chi connectivity index (χ4v) is 12.6. The molecule has 0 aliphatic heterocycles. The maximum Gasteiger partial charge on any atom is 0.472 e. The normalized spacial score (nSPS) is 14.0. The molecule has 91 heavy (non-hydrogen) atoms. The first-order chi connectivity index (χ1) is 44.0. The molecule has 0 aromatic carbocycles. The van der Waals surface area contributed by atoms with Crippen LogP contribution in [0.4, 0.5) is 0 Å². The summed E-state index contributed by atoms with van der Waals surface area (Å²) in [5, 5.41) is 10.6. The lowest BCUT2D eigenvalue weighted by Gasteiger charge is -2.21. The van der Waals surface area contributed by atoms with E-state index >= 15 is 0 Å². The van der Waals surface area contributed by atoms with Gasteiger partial charge in [0.15, 0.2) is 12.2 Å². The summed E-state index contributed by atoms with van der Waals surface area (Å²) >= 11 is 0. The number of carbonyl (C=O) groups excluding carboxylic acids is 4. The van der Waals surface area contributed by atoms with Crippen LogP contribution < -0.4 is 0 Å². The smallest absolute Gasteiger partial charge is 0.462 e. The number of aliphatic hydroxyl groups is 1. The molecule has 0 bridgehead atoms. The minimum absolute atomic E-state index is 0.108. The highest BCUT2D eigenvalue weighted by Crippen LogP contribution is 2.45. The van der Waals surface area contributed by atoms with E-state index in [4.69, 9.17) is 37.0 Å². The van der Waals surface area contributed by atoms with Gasteiger partial charge in [-0.25, -0.2) is 9.13 Å². The first-order valence-corrected chi connectivity index (χ1v) is 40.6. The Kier molecular flexibility index (Phi) is 64.0. The molecule has 0 amide bonds. The molecule has 0 spiro atoms. The second-order valence-electron chi connectivity index (χ2n) is 26.5.